The van der Waals surface area contributed by atoms with E-state index in [4.69, 9.17) is 9.73 Å². The Morgan fingerprint density at radius 3 is 2.92 bits per heavy atom. The molecule has 0 bridgehead atoms. The van der Waals surface area contributed by atoms with Crippen LogP contribution in [0.2, 0.25) is 0 Å². The van der Waals surface area contributed by atoms with Crippen molar-refractivity contribution in [1.82, 2.24) is 10.6 Å². The highest BCUT2D eigenvalue weighted by Gasteiger charge is 2.59. The van der Waals surface area contributed by atoms with E-state index in [1.54, 1.807) is 12.1 Å². The van der Waals surface area contributed by atoms with Gasteiger partial charge >= 0.3 is 0 Å². The van der Waals surface area contributed by atoms with Crippen LogP contribution in [-0.2, 0) is 11.2 Å². The Bertz CT molecular complexity index is 606. The largest absolute Gasteiger partial charge is 0.508 e. The third kappa shape index (κ3) is 4.39. The second-order valence-corrected chi connectivity index (χ2v) is 7.37. The molecule has 2 aliphatic rings. The van der Waals surface area contributed by atoms with Gasteiger partial charge in [-0.3, -0.25) is 4.99 Å². The van der Waals surface area contributed by atoms with Crippen LogP contribution in [0, 0.1) is 11.3 Å². The lowest BCUT2D eigenvalue weighted by atomic mass is 9.57. The van der Waals surface area contributed by atoms with Crippen molar-refractivity contribution in [2.24, 2.45) is 16.3 Å². The van der Waals surface area contributed by atoms with Crippen LogP contribution in [0.3, 0.4) is 0 Å². The molecule has 140 valence electrons. The quantitative estimate of drug-likeness (QED) is 0.360. The van der Waals surface area contributed by atoms with Gasteiger partial charge in [0, 0.05) is 37.1 Å². The van der Waals surface area contributed by atoms with Crippen molar-refractivity contribution in [3.8, 4) is 5.75 Å². The highest BCUT2D eigenvalue weighted by molar-refractivity contribution is 14.0. The molecule has 3 N–H and O–H groups in total. The van der Waals surface area contributed by atoms with Gasteiger partial charge in [-0.1, -0.05) is 26.0 Å². The van der Waals surface area contributed by atoms with Crippen LogP contribution in [0.4, 0.5) is 0 Å². The zero-order valence-electron chi connectivity index (χ0n) is 15.3. The van der Waals surface area contributed by atoms with Gasteiger partial charge in [-0.15, -0.1) is 24.0 Å². The van der Waals surface area contributed by atoms with Gasteiger partial charge in [0.05, 0.1) is 6.10 Å². The molecule has 3 rings (SSSR count). The molecule has 1 aromatic carbocycles. The number of ether oxygens (including phenoxy) is 1. The molecule has 1 aliphatic heterocycles. The van der Waals surface area contributed by atoms with E-state index in [-0.39, 0.29) is 29.4 Å². The summed E-state index contributed by atoms with van der Waals surface area (Å²) in [6.45, 7) is 9.04. The number of nitrogens with one attached hydrogen (secondary N) is 2. The molecule has 0 amide bonds. The summed E-state index contributed by atoms with van der Waals surface area (Å²) in [4.78, 5) is 4.71. The molecular weight excluding hydrogens is 429 g/mol. The van der Waals surface area contributed by atoms with Gasteiger partial charge < -0.3 is 20.5 Å². The minimum Gasteiger partial charge on any atom is -0.508 e. The van der Waals surface area contributed by atoms with Crippen molar-refractivity contribution in [3.63, 3.8) is 0 Å². The Labute approximate surface area is 167 Å². The van der Waals surface area contributed by atoms with Gasteiger partial charge in [0.2, 0.25) is 0 Å². The minimum atomic E-state index is 0. The van der Waals surface area contributed by atoms with Crippen molar-refractivity contribution in [2.45, 2.75) is 45.8 Å². The number of phenolic OH excluding ortho intramolecular Hbond substituents is 1. The molecule has 0 spiro atoms. The van der Waals surface area contributed by atoms with Crippen LogP contribution in [0.5, 0.6) is 5.75 Å². The summed E-state index contributed by atoms with van der Waals surface area (Å²) < 4.78 is 5.87. The number of fused-ring (bicyclic) bond motifs is 1. The summed E-state index contributed by atoms with van der Waals surface area (Å²) in [6, 6.07) is 7.78. The van der Waals surface area contributed by atoms with Crippen LogP contribution < -0.4 is 10.6 Å². The van der Waals surface area contributed by atoms with E-state index in [0.717, 1.165) is 37.5 Å². The van der Waals surface area contributed by atoms with Gasteiger partial charge in [-0.25, -0.2) is 0 Å². The molecule has 5 nitrogen and oxygen atoms in total. The molecule has 6 heteroatoms. The van der Waals surface area contributed by atoms with Crippen molar-refractivity contribution >= 4 is 29.9 Å². The van der Waals surface area contributed by atoms with Crippen molar-refractivity contribution in [3.05, 3.63) is 29.8 Å². The van der Waals surface area contributed by atoms with Gasteiger partial charge in [0.1, 0.15) is 5.75 Å². The number of phenols is 1. The summed E-state index contributed by atoms with van der Waals surface area (Å²) in [5, 5.41) is 16.5. The molecule has 1 saturated heterocycles. The first-order chi connectivity index (χ1) is 11.5. The molecule has 0 aromatic heterocycles. The Morgan fingerprint density at radius 1 is 1.40 bits per heavy atom. The maximum absolute atomic E-state index is 9.54. The number of aliphatic imine (C=N–C) groups is 1. The average molecular weight is 459 g/mol. The number of rotatable bonds is 5. The second-order valence-electron chi connectivity index (χ2n) is 7.37. The third-order valence-electron chi connectivity index (χ3n) is 5.32. The SMILES string of the molecule is CCNC(=NCCc1cccc(O)c1)NC1C2CCOC2C1(C)C.I. The number of hydrogen-bond acceptors (Lipinski definition) is 3. The van der Waals surface area contributed by atoms with E-state index in [0.29, 0.717) is 30.4 Å². The van der Waals surface area contributed by atoms with Crippen LogP contribution in [0.25, 0.3) is 0 Å². The molecule has 25 heavy (non-hydrogen) atoms. The normalized spacial score (nSPS) is 27.0. The lowest BCUT2D eigenvalue weighted by molar-refractivity contribution is -0.106. The monoisotopic (exact) mass is 459 g/mol. The third-order valence-corrected chi connectivity index (χ3v) is 5.32. The fraction of sp³-hybridized carbons (Fsp3) is 0.632. The molecule has 1 heterocycles. The van der Waals surface area contributed by atoms with Crippen LogP contribution in [-0.4, -0.2) is 42.9 Å². The standard InChI is InChI=1S/C19H29N3O2.HI/c1-4-20-18(21-10-8-13-6-5-7-14(23)12-13)22-16-15-9-11-24-17(15)19(16,2)3;/h5-7,12,15-17,23H,4,8-11H2,1-3H3,(H2,20,21,22);1H. The summed E-state index contributed by atoms with van der Waals surface area (Å²) in [6.07, 6.45) is 2.33. The van der Waals surface area contributed by atoms with Crippen LogP contribution >= 0.6 is 24.0 Å². The van der Waals surface area contributed by atoms with E-state index < -0.39 is 0 Å². The average Bonchev–Trinajstić information content (AvgIpc) is 2.99. The number of halogens is 1. The highest BCUT2D eigenvalue weighted by Crippen LogP contribution is 2.52. The molecule has 3 unspecified atom stereocenters. The highest BCUT2D eigenvalue weighted by atomic mass is 127. The zero-order valence-corrected chi connectivity index (χ0v) is 17.6. The summed E-state index contributed by atoms with van der Waals surface area (Å²) in [7, 11) is 0. The Morgan fingerprint density at radius 2 is 2.20 bits per heavy atom. The fourth-order valence-electron chi connectivity index (χ4n) is 4.09. The van der Waals surface area contributed by atoms with Crippen molar-refractivity contribution in [2.75, 3.05) is 19.7 Å². The van der Waals surface area contributed by atoms with Gasteiger partial charge in [-0.05, 0) is 37.5 Å². The van der Waals surface area contributed by atoms with Gasteiger partial charge in [-0.2, -0.15) is 0 Å². The smallest absolute Gasteiger partial charge is 0.191 e. The summed E-state index contributed by atoms with van der Waals surface area (Å²) in [5.41, 5.74) is 1.24. The van der Waals surface area contributed by atoms with E-state index >= 15 is 0 Å². The molecule has 0 radical (unpaired) electrons. The van der Waals surface area contributed by atoms with Gasteiger partial charge in [0.25, 0.3) is 0 Å². The Balaban J connectivity index is 0.00000225. The van der Waals surface area contributed by atoms with Crippen LogP contribution in [0.15, 0.2) is 29.3 Å². The first-order valence-electron chi connectivity index (χ1n) is 8.96. The maximum Gasteiger partial charge on any atom is 0.191 e. The summed E-state index contributed by atoms with van der Waals surface area (Å²) >= 11 is 0. The van der Waals surface area contributed by atoms with Gasteiger partial charge in [0.15, 0.2) is 5.96 Å². The number of benzene rings is 1. The van der Waals surface area contributed by atoms with E-state index in [9.17, 15) is 5.11 Å². The molecule has 1 aliphatic carbocycles. The van der Waals surface area contributed by atoms with Crippen molar-refractivity contribution < 1.29 is 9.84 Å². The molecule has 2 fully saturated rings. The molecule has 1 saturated carbocycles. The topological polar surface area (TPSA) is 65.9 Å². The number of aromatic hydroxyl groups is 1. The Kier molecular flexibility index (Phi) is 6.96. The number of nitrogens with zero attached hydrogens (tertiary/aromatic N) is 1. The number of guanidine groups is 1. The first-order valence-corrected chi connectivity index (χ1v) is 8.96. The van der Waals surface area contributed by atoms with Crippen LogP contribution in [0.1, 0.15) is 32.8 Å². The molecule has 3 atom stereocenters. The molecule has 1 aromatic rings. The lowest BCUT2D eigenvalue weighted by Crippen LogP contribution is -2.68. The van der Waals surface area contributed by atoms with E-state index in [1.807, 2.05) is 12.1 Å². The second kappa shape index (κ2) is 8.58. The lowest BCUT2D eigenvalue weighted by Gasteiger charge is -2.54. The number of hydrogen-bond donors (Lipinski definition) is 3. The Hall–Kier alpha value is -1.02. The predicted octanol–water partition coefficient (Wildman–Crippen LogP) is 2.92. The zero-order chi connectivity index (χ0) is 17.2. The first kappa shape index (κ1) is 20.3. The van der Waals surface area contributed by atoms with Crippen molar-refractivity contribution in [1.29, 1.82) is 0 Å². The maximum atomic E-state index is 9.54. The minimum absolute atomic E-state index is 0. The van der Waals surface area contributed by atoms with E-state index in [2.05, 4.69) is 31.4 Å². The predicted molar refractivity (Wildman–Crippen MR) is 112 cm³/mol. The summed E-state index contributed by atoms with van der Waals surface area (Å²) in [5.74, 6) is 1.78. The molecular formula is C19H30IN3O2. The fourth-order valence-corrected chi connectivity index (χ4v) is 4.09. The van der Waals surface area contributed by atoms with E-state index in [1.165, 1.54) is 0 Å².